The van der Waals surface area contributed by atoms with Crippen molar-refractivity contribution in [2.24, 2.45) is 5.92 Å². The molecule has 0 atom stereocenters. The van der Waals surface area contributed by atoms with Crippen LogP contribution in [0.25, 0.3) is 10.9 Å². The van der Waals surface area contributed by atoms with Crippen LogP contribution in [0.3, 0.4) is 0 Å². The average Bonchev–Trinajstić information content (AvgIpc) is 2.88. The summed E-state index contributed by atoms with van der Waals surface area (Å²) in [5.41, 5.74) is 3.05. The van der Waals surface area contributed by atoms with Crippen LogP contribution in [0.1, 0.15) is 24.0 Å². The minimum Gasteiger partial charge on any atom is -0.487 e. The van der Waals surface area contributed by atoms with Gasteiger partial charge in [0.25, 0.3) is 5.69 Å². The molecule has 4 aromatic rings. The zero-order valence-corrected chi connectivity index (χ0v) is 19.0. The molecule has 1 fully saturated rings. The second-order valence-corrected chi connectivity index (χ2v) is 8.83. The molecule has 0 bridgehead atoms. The van der Waals surface area contributed by atoms with E-state index in [2.05, 4.69) is 47.4 Å². The summed E-state index contributed by atoms with van der Waals surface area (Å²) in [5.74, 6) is 2.36. The molecule has 0 unspecified atom stereocenters. The van der Waals surface area contributed by atoms with Crippen molar-refractivity contribution in [3.63, 3.8) is 0 Å². The number of anilines is 1. The highest BCUT2D eigenvalue weighted by Gasteiger charge is 2.21. The van der Waals surface area contributed by atoms with E-state index in [4.69, 9.17) is 9.72 Å². The number of nitro groups is 1. The van der Waals surface area contributed by atoms with Gasteiger partial charge in [0, 0.05) is 30.6 Å². The average molecular weight is 454 g/mol. The van der Waals surface area contributed by atoms with Crippen LogP contribution in [0.4, 0.5) is 11.5 Å². The van der Waals surface area contributed by atoms with Gasteiger partial charge in [0.15, 0.2) is 0 Å². The first-order valence-corrected chi connectivity index (χ1v) is 11.7. The second-order valence-electron chi connectivity index (χ2n) is 8.83. The quantitative estimate of drug-likeness (QED) is 0.247. The van der Waals surface area contributed by atoms with Gasteiger partial charge < -0.3 is 9.64 Å². The van der Waals surface area contributed by atoms with Gasteiger partial charge in [0.05, 0.1) is 4.92 Å². The van der Waals surface area contributed by atoms with Crippen LogP contribution in [-0.4, -0.2) is 23.0 Å². The number of pyridine rings is 1. The van der Waals surface area contributed by atoms with Crippen molar-refractivity contribution in [2.45, 2.75) is 25.9 Å². The Morgan fingerprint density at radius 3 is 2.47 bits per heavy atom. The zero-order valence-electron chi connectivity index (χ0n) is 19.0. The lowest BCUT2D eigenvalue weighted by molar-refractivity contribution is -0.384. The van der Waals surface area contributed by atoms with Gasteiger partial charge in [-0.1, -0.05) is 54.6 Å². The molecule has 2 heterocycles. The van der Waals surface area contributed by atoms with E-state index >= 15 is 0 Å². The molecule has 1 aliphatic rings. The summed E-state index contributed by atoms with van der Waals surface area (Å²) in [7, 11) is 0. The van der Waals surface area contributed by atoms with Crippen molar-refractivity contribution >= 4 is 22.4 Å². The number of hydrogen-bond donors (Lipinski definition) is 0. The molecular formula is C28H27N3O3. The maximum Gasteiger partial charge on any atom is 0.269 e. The Labute approximate surface area is 199 Å². The van der Waals surface area contributed by atoms with Crippen LogP contribution in [0.5, 0.6) is 5.75 Å². The lowest BCUT2D eigenvalue weighted by atomic mass is 9.90. The maximum atomic E-state index is 11.1. The van der Waals surface area contributed by atoms with Crippen LogP contribution in [0.2, 0.25) is 0 Å². The Kier molecular flexibility index (Phi) is 6.38. The van der Waals surface area contributed by atoms with E-state index in [9.17, 15) is 10.1 Å². The lowest BCUT2D eigenvalue weighted by Gasteiger charge is -2.33. The number of rotatable bonds is 7. The smallest absolute Gasteiger partial charge is 0.269 e. The van der Waals surface area contributed by atoms with E-state index < -0.39 is 4.92 Å². The SMILES string of the molecule is O=[N+]([O-])c1cccc(COc2cccc3ccc(N4CCC(Cc5ccccc5)CC4)nc23)c1. The molecule has 172 valence electrons. The number of benzene rings is 3. The molecular weight excluding hydrogens is 426 g/mol. The van der Waals surface area contributed by atoms with E-state index in [1.807, 2.05) is 24.3 Å². The molecule has 6 heteroatoms. The molecule has 0 spiro atoms. The third kappa shape index (κ3) is 5.01. The third-order valence-electron chi connectivity index (χ3n) is 6.49. The first kappa shape index (κ1) is 21.9. The molecule has 1 aliphatic heterocycles. The largest absolute Gasteiger partial charge is 0.487 e. The summed E-state index contributed by atoms with van der Waals surface area (Å²) in [6.45, 7) is 2.23. The van der Waals surface area contributed by atoms with E-state index in [1.165, 1.54) is 11.6 Å². The predicted octanol–water partition coefficient (Wildman–Crippen LogP) is 6.18. The molecule has 0 aliphatic carbocycles. The van der Waals surface area contributed by atoms with Gasteiger partial charge in [-0.05, 0) is 54.5 Å². The Hall–Kier alpha value is -3.93. The first-order valence-electron chi connectivity index (χ1n) is 11.7. The van der Waals surface area contributed by atoms with Gasteiger partial charge in [-0.15, -0.1) is 0 Å². The van der Waals surface area contributed by atoms with Crippen LogP contribution < -0.4 is 9.64 Å². The number of para-hydroxylation sites is 1. The van der Waals surface area contributed by atoms with Gasteiger partial charge >= 0.3 is 0 Å². The molecule has 6 nitrogen and oxygen atoms in total. The van der Waals surface area contributed by atoms with E-state index in [0.717, 1.165) is 54.6 Å². The minimum atomic E-state index is -0.391. The molecule has 0 saturated carbocycles. The van der Waals surface area contributed by atoms with Crippen molar-refractivity contribution in [1.82, 2.24) is 4.98 Å². The van der Waals surface area contributed by atoms with Gasteiger partial charge in [-0.2, -0.15) is 0 Å². The van der Waals surface area contributed by atoms with Crippen LogP contribution in [0, 0.1) is 16.0 Å². The number of fused-ring (bicyclic) bond motifs is 1. The predicted molar refractivity (Wildman–Crippen MR) is 134 cm³/mol. The standard InChI is InChI=1S/C28H27N3O3/c32-31(33)25-10-4-8-23(19-25)20-34-26-11-5-9-24-12-13-27(29-28(24)26)30-16-14-22(15-17-30)18-21-6-2-1-3-7-21/h1-13,19,22H,14-18,20H2. The number of piperidine rings is 1. The number of ether oxygens (including phenoxy) is 1. The topological polar surface area (TPSA) is 68.5 Å². The van der Waals surface area contributed by atoms with Gasteiger partial charge in [0.1, 0.15) is 23.7 Å². The number of nitrogens with zero attached hydrogens (tertiary/aromatic N) is 3. The highest BCUT2D eigenvalue weighted by atomic mass is 16.6. The fourth-order valence-corrected chi connectivity index (χ4v) is 4.64. The lowest BCUT2D eigenvalue weighted by Crippen LogP contribution is -2.34. The normalized spacial score (nSPS) is 14.3. The van der Waals surface area contributed by atoms with Gasteiger partial charge in [-0.25, -0.2) is 4.98 Å². The summed E-state index contributed by atoms with van der Waals surface area (Å²) in [4.78, 5) is 18.0. The minimum absolute atomic E-state index is 0.0649. The van der Waals surface area contributed by atoms with Crippen molar-refractivity contribution < 1.29 is 9.66 Å². The number of nitro benzene ring substituents is 1. The molecule has 1 saturated heterocycles. The highest BCUT2D eigenvalue weighted by molar-refractivity contribution is 5.86. The Morgan fingerprint density at radius 1 is 0.912 bits per heavy atom. The van der Waals surface area contributed by atoms with Gasteiger partial charge in [-0.3, -0.25) is 10.1 Å². The van der Waals surface area contributed by atoms with Crippen molar-refractivity contribution in [1.29, 1.82) is 0 Å². The molecule has 0 amide bonds. The molecule has 0 N–H and O–H groups in total. The number of non-ortho nitro benzene ring substituents is 1. The summed E-state index contributed by atoms with van der Waals surface area (Å²) >= 11 is 0. The highest BCUT2D eigenvalue weighted by Crippen LogP contribution is 2.30. The fraction of sp³-hybridized carbons (Fsp3) is 0.250. The van der Waals surface area contributed by atoms with Crippen LogP contribution in [0.15, 0.2) is 84.9 Å². The van der Waals surface area contributed by atoms with E-state index in [1.54, 1.807) is 12.1 Å². The fourth-order valence-electron chi connectivity index (χ4n) is 4.64. The Bertz CT molecular complexity index is 1280. The van der Waals surface area contributed by atoms with Gasteiger partial charge in [0.2, 0.25) is 0 Å². The van der Waals surface area contributed by atoms with Crippen molar-refractivity contribution in [3.8, 4) is 5.75 Å². The maximum absolute atomic E-state index is 11.1. The van der Waals surface area contributed by atoms with Crippen molar-refractivity contribution in [3.05, 3.63) is 106 Å². The summed E-state index contributed by atoms with van der Waals surface area (Å²) in [6.07, 6.45) is 3.44. The second kappa shape index (κ2) is 9.91. The molecule has 3 aromatic carbocycles. The zero-order chi connectivity index (χ0) is 23.3. The third-order valence-corrected chi connectivity index (χ3v) is 6.49. The van der Waals surface area contributed by atoms with Crippen LogP contribution in [-0.2, 0) is 13.0 Å². The summed E-state index contributed by atoms with van der Waals surface area (Å²) < 4.78 is 6.06. The Morgan fingerprint density at radius 2 is 1.68 bits per heavy atom. The molecule has 5 rings (SSSR count). The number of aromatic nitrogens is 1. The van der Waals surface area contributed by atoms with Crippen molar-refractivity contribution in [2.75, 3.05) is 18.0 Å². The first-order chi connectivity index (χ1) is 16.7. The van der Waals surface area contributed by atoms with E-state index in [-0.39, 0.29) is 12.3 Å². The molecule has 0 radical (unpaired) electrons. The summed E-state index contributed by atoms with van der Waals surface area (Å²) in [5, 5.41) is 12.1. The van der Waals surface area contributed by atoms with Crippen LogP contribution >= 0.6 is 0 Å². The summed E-state index contributed by atoms with van der Waals surface area (Å²) in [6, 6.07) is 27.3. The monoisotopic (exact) mass is 453 g/mol. The Balaban J connectivity index is 1.28. The molecule has 1 aromatic heterocycles. The van der Waals surface area contributed by atoms with E-state index in [0.29, 0.717) is 11.7 Å². The number of hydrogen-bond acceptors (Lipinski definition) is 5. The molecule has 34 heavy (non-hydrogen) atoms.